The Morgan fingerprint density at radius 2 is 2.00 bits per heavy atom. The number of unbranched alkanes of at least 4 members (excludes halogenated alkanes) is 1. The lowest BCUT2D eigenvalue weighted by Crippen LogP contribution is -2.28. The van der Waals surface area contributed by atoms with Gasteiger partial charge in [-0.25, -0.2) is 14.8 Å². The van der Waals surface area contributed by atoms with Gasteiger partial charge in [-0.2, -0.15) is 13.2 Å². The van der Waals surface area contributed by atoms with Gasteiger partial charge in [0.15, 0.2) is 5.69 Å². The van der Waals surface area contributed by atoms with Crippen LogP contribution in [0.2, 0.25) is 0 Å². The van der Waals surface area contributed by atoms with Crippen molar-refractivity contribution in [3.8, 4) is 0 Å². The number of hydrogen-bond donors (Lipinski definition) is 2. The van der Waals surface area contributed by atoms with Gasteiger partial charge in [-0.05, 0) is 25.8 Å². The number of carboxylic acid groups (broad SMARTS) is 1. The molecule has 0 radical (unpaired) electrons. The summed E-state index contributed by atoms with van der Waals surface area (Å²) in [5, 5.41) is 18.3. The van der Waals surface area contributed by atoms with Crippen molar-refractivity contribution < 1.29 is 27.9 Å². The Hall–Kier alpha value is -3.05. The first-order chi connectivity index (χ1) is 12.2. The number of aromatic carboxylic acids is 1. The predicted octanol–water partition coefficient (Wildman–Crippen LogP) is 1.30. The molecule has 0 spiro atoms. The molecule has 2 N–H and O–H groups in total. The first-order valence-electron chi connectivity index (χ1n) is 7.51. The highest BCUT2D eigenvalue weighted by molar-refractivity contribution is 5.90. The average Bonchev–Trinajstić information content (AvgIpc) is 3.02. The van der Waals surface area contributed by atoms with Crippen LogP contribution in [0.25, 0.3) is 0 Å². The number of halogens is 3. The van der Waals surface area contributed by atoms with E-state index in [2.05, 4.69) is 25.6 Å². The number of hydrogen-bond acceptors (Lipinski definition) is 6. The molecule has 0 aliphatic heterocycles. The molecule has 1 amide bonds. The number of amides is 1. The van der Waals surface area contributed by atoms with E-state index in [1.54, 1.807) is 0 Å². The van der Waals surface area contributed by atoms with Crippen molar-refractivity contribution in [3.05, 3.63) is 35.2 Å². The van der Waals surface area contributed by atoms with Gasteiger partial charge >= 0.3 is 12.1 Å². The van der Waals surface area contributed by atoms with Crippen molar-refractivity contribution in [2.24, 2.45) is 0 Å². The fraction of sp³-hybridized carbons (Fsp3) is 0.429. The number of carbonyl (C=O) groups excluding carboxylic acids is 1. The second-order valence-corrected chi connectivity index (χ2v) is 5.35. The number of alkyl halides is 3. The van der Waals surface area contributed by atoms with Crippen LogP contribution in [0.5, 0.6) is 0 Å². The van der Waals surface area contributed by atoms with Crippen molar-refractivity contribution in [2.75, 3.05) is 6.54 Å². The van der Waals surface area contributed by atoms with Gasteiger partial charge in [0, 0.05) is 18.8 Å². The zero-order valence-electron chi connectivity index (χ0n) is 13.6. The van der Waals surface area contributed by atoms with E-state index in [0.29, 0.717) is 19.4 Å². The fourth-order valence-electron chi connectivity index (χ4n) is 2.00. The monoisotopic (exact) mass is 372 g/mol. The summed E-state index contributed by atoms with van der Waals surface area (Å²) in [5.74, 6) is -2.52. The molecule has 26 heavy (non-hydrogen) atoms. The lowest BCUT2D eigenvalue weighted by molar-refractivity contribution is -0.141. The quantitative estimate of drug-likeness (QED) is 0.702. The van der Waals surface area contributed by atoms with Crippen LogP contribution in [0.4, 0.5) is 13.2 Å². The molecule has 12 heteroatoms. The van der Waals surface area contributed by atoms with Crippen molar-refractivity contribution in [3.63, 3.8) is 0 Å². The van der Waals surface area contributed by atoms with Crippen LogP contribution in [0, 0.1) is 6.92 Å². The van der Waals surface area contributed by atoms with Crippen LogP contribution in [0.3, 0.4) is 0 Å². The topological polar surface area (TPSA) is 123 Å². The highest BCUT2D eigenvalue weighted by Gasteiger charge is 2.33. The molecule has 2 aromatic heterocycles. The van der Waals surface area contributed by atoms with E-state index in [4.69, 9.17) is 5.11 Å². The summed E-state index contributed by atoms with van der Waals surface area (Å²) >= 11 is 0. The minimum Gasteiger partial charge on any atom is -0.476 e. The van der Waals surface area contributed by atoms with Gasteiger partial charge in [-0.3, -0.25) is 9.48 Å². The highest BCUT2D eigenvalue weighted by atomic mass is 19.4. The zero-order chi connectivity index (χ0) is 19.3. The Morgan fingerprint density at radius 3 is 2.62 bits per heavy atom. The van der Waals surface area contributed by atoms with Crippen LogP contribution in [0.1, 0.15) is 45.3 Å². The minimum atomic E-state index is -4.66. The van der Waals surface area contributed by atoms with Crippen molar-refractivity contribution in [2.45, 2.75) is 32.5 Å². The van der Waals surface area contributed by atoms with Gasteiger partial charge in [0.2, 0.25) is 5.82 Å². The first-order valence-corrected chi connectivity index (χ1v) is 7.51. The highest BCUT2D eigenvalue weighted by Crippen LogP contribution is 2.27. The van der Waals surface area contributed by atoms with Crippen LogP contribution in [0.15, 0.2) is 12.3 Å². The molecular formula is C14H15F3N6O3. The molecule has 9 nitrogen and oxygen atoms in total. The molecule has 2 aromatic rings. The van der Waals surface area contributed by atoms with E-state index < -0.39 is 29.6 Å². The first kappa shape index (κ1) is 19.3. The lowest BCUT2D eigenvalue weighted by Gasteiger charge is -2.09. The van der Waals surface area contributed by atoms with E-state index in [-0.39, 0.29) is 17.9 Å². The van der Waals surface area contributed by atoms with Gasteiger partial charge in [0.25, 0.3) is 5.91 Å². The molecule has 0 bridgehead atoms. The van der Waals surface area contributed by atoms with Gasteiger partial charge in [-0.1, -0.05) is 5.21 Å². The SMILES string of the molecule is Cc1cc(C(F)(F)F)nc(C(=O)NCCCCn2cc(C(=O)O)nn2)n1. The minimum absolute atomic E-state index is 0.0397. The maximum absolute atomic E-state index is 12.7. The van der Waals surface area contributed by atoms with E-state index in [1.165, 1.54) is 17.8 Å². The molecule has 2 heterocycles. The number of aryl methyl sites for hydroxylation is 2. The summed E-state index contributed by atoms with van der Waals surface area (Å²) in [4.78, 5) is 29.5. The van der Waals surface area contributed by atoms with E-state index in [9.17, 15) is 22.8 Å². The number of carboxylic acids is 1. The number of rotatable bonds is 7. The largest absolute Gasteiger partial charge is 0.476 e. The number of nitrogens with one attached hydrogen (secondary N) is 1. The number of aromatic nitrogens is 5. The van der Waals surface area contributed by atoms with Crippen LogP contribution in [-0.4, -0.2) is 48.5 Å². The van der Waals surface area contributed by atoms with Crippen molar-refractivity contribution in [1.29, 1.82) is 0 Å². The molecule has 2 rings (SSSR count). The molecule has 0 fully saturated rings. The standard InChI is InChI=1S/C14H15F3N6O3/c1-8-6-10(14(15,16)17)20-11(19-8)12(24)18-4-2-3-5-23-7-9(13(25)26)21-22-23/h6-7H,2-5H2,1H3,(H,18,24)(H,25,26). The zero-order valence-corrected chi connectivity index (χ0v) is 13.6. The summed E-state index contributed by atoms with van der Waals surface area (Å²) in [6, 6.07) is 0.764. The molecule has 0 unspecified atom stereocenters. The van der Waals surface area contributed by atoms with Crippen LogP contribution < -0.4 is 5.32 Å². The maximum atomic E-state index is 12.7. The molecular weight excluding hydrogens is 357 g/mol. The lowest BCUT2D eigenvalue weighted by atomic mass is 10.3. The van der Waals surface area contributed by atoms with E-state index >= 15 is 0 Å². The average molecular weight is 372 g/mol. The fourth-order valence-corrected chi connectivity index (χ4v) is 2.00. The Balaban J connectivity index is 1.81. The third-order valence-corrected chi connectivity index (χ3v) is 3.21. The summed E-state index contributed by atoms with van der Waals surface area (Å²) < 4.78 is 39.5. The Labute approximate surface area is 145 Å². The molecule has 0 atom stereocenters. The Kier molecular flexibility index (Phi) is 5.85. The van der Waals surface area contributed by atoms with Gasteiger partial charge in [0.05, 0.1) is 6.20 Å². The summed E-state index contributed by atoms with van der Waals surface area (Å²) in [6.45, 7) is 1.92. The smallest absolute Gasteiger partial charge is 0.433 e. The molecule has 0 aromatic carbocycles. The van der Waals surface area contributed by atoms with Crippen LogP contribution >= 0.6 is 0 Å². The third kappa shape index (κ3) is 5.22. The predicted molar refractivity (Wildman–Crippen MR) is 80.3 cm³/mol. The number of nitrogens with zero attached hydrogens (tertiary/aromatic N) is 5. The molecule has 0 aliphatic rings. The van der Waals surface area contributed by atoms with Gasteiger partial charge < -0.3 is 10.4 Å². The maximum Gasteiger partial charge on any atom is 0.433 e. The third-order valence-electron chi connectivity index (χ3n) is 3.21. The summed E-state index contributed by atoms with van der Waals surface area (Å²) in [7, 11) is 0. The van der Waals surface area contributed by atoms with Gasteiger partial charge in [-0.15, -0.1) is 5.10 Å². The number of carbonyl (C=O) groups is 2. The molecule has 0 aliphatic carbocycles. The van der Waals surface area contributed by atoms with Crippen molar-refractivity contribution in [1.82, 2.24) is 30.3 Å². The molecule has 0 saturated carbocycles. The Morgan fingerprint density at radius 1 is 1.27 bits per heavy atom. The summed E-state index contributed by atoms with van der Waals surface area (Å²) in [5.41, 5.74) is -1.30. The van der Waals surface area contributed by atoms with Gasteiger partial charge in [0.1, 0.15) is 5.69 Å². The molecule has 140 valence electrons. The second-order valence-electron chi connectivity index (χ2n) is 5.35. The summed E-state index contributed by atoms with van der Waals surface area (Å²) in [6.07, 6.45) is -2.34. The normalized spacial score (nSPS) is 11.4. The molecule has 0 saturated heterocycles. The second kappa shape index (κ2) is 7.89. The van der Waals surface area contributed by atoms with E-state index in [1.807, 2.05) is 0 Å². The van der Waals surface area contributed by atoms with E-state index in [0.717, 1.165) is 6.07 Å². The van der Waals surface area contributed by atoms with Crippen molar-refractivity contribution >= 4 is 11.9 Å². The van der Waals surface area contributed by atoms with Crippen LogP contribution in [-0.2, 0) is 12.7 Å². The Bertz CT molecular complexity index is 805.